The van der Waals surface area contributed by atoms with Gasteiger partial charge >= 0.3 is 0 Å². The Morgan fingerprint density at radius 1 is 1.41 bits per heavy atom. The number of para-hydroxylation sites is 1. The lowest BCUT2D eigenvalue weighted by atomic mass is 10.1. The number of benzene rings is 1. The van der Waals surface area contributed by atoms with E-state index in [2.05, 4.69) is 15.3 Å². The second-order valence-corrected chi connectivity index (χ2v) is 5.67. The van der Waals surface area contributed by atoms with Gasteiger partial charge in [-0.15, -0.1) is 0 Å². The van der Waals surface area contributed by atoms with E-state index in [1.807, 2.05) is 30.0 Å². The average Bonchev–Trinajstić information content (AvgIpc) is 2.53. The molecule has 1 aliphatic heterocycles. The summed E-state index contributed by atoms with van der Waals surface area (Å²) in [6, 6.07) is 7.44. The third-order valence-corrected chi connectivity index (χ3v) is 4.06. The molecule has 1 fully saturated rings. The number of carbonyl (C=O) groups excluding carboxylic acids is 1. The molecule has 6 heteroatoms. The van der Waals surface area contributed by atoms with Gasteiger partial charge in [0.25, 0.3) is 5.56 Å². The van der Waals surface area contributed by atoms with Crippen molar-refractivity contribution in [2.24, 2.45) is 0 Å². The average molecular weight is 300 g/mol. The third kappa shape index (κ3) is 3.01. The summed E-state index contributed by atoms with van der Waals surface area (Å²) < 4.78 is 0. The first-order valence-electron chi connectivity index (χ1n) is 7.63. The van der Waals surface area contributed by atoms with Crippen LogP contribution >= 0.6 is 0 Å². The summed E-state index contributed by atoms with van der Waals surface area (Å²) in [5.74, 6) is 0.685. The van der Waals surface area contributed by atoms with Gasteiger partial charge in [0.15, 0.2) is 0 Å². The largest absolute Gasteiger partial charge is 0.337 e. The number of nitrogens with zero attached hydrogens (tertiary/aromatic N) is 2. The Bertz CT molecular complexity index is 740. The van der Waals surface area contributed by atoms with E-state index < -0.39 is 0 Å². The van der Waals surface area contributed by atoms with Crippen molar-refractivity contribution >= 4 is 16.8 Å². The van der Waals surface area contributed by atoms with Crippen molar-refractivity contribution in [1.29, 1.82) is 0 Å². The zero-order valence-electron chi connectivity index (χ0n) is 12.6. The summed E-state index contributed by atoms with van der Waals surface area (Å²) in [6.07, 6.45) is 0.821. The van der Waals surface area contributed by atoms with Gasteiger partial charge in [0.1, 0.15) is 5.82 Å². The molecule has 2 aromatic rings. The second kappa shape index (κ2) is 6.27. The van der Waals surface area contributed by atoms with Gasteiger partial charge in [0.05, 0.1) is 10.9 Å². The maximum Gasteiger partial charge on any atom is 0.258 e. The first-order valence-corrected chi connectivity index (χ1v) is 7.63. The Hall–Kier alpha value is -2.21. The highest BCUT2D eigenvalue weighted by Crippen LogP contribution is 2.09. The van der Waals surface area contributed by atoms with Gasteiger partial charge in [0.2, 0.25) is 5.91 Å². The van der Waals surface area contributed by atoms with Crippen LogP contribution in [0.2, 0.25) is 0 Å². The lowest BCUT2D eigenvalue weighted by molar-refractivity contribution is -0.133. The fraction of sp³-hybridized carbons (Fsp3) is 0.438. The quantitative estimate of drug-likeness (QED) is 0.873. The molecule has 2 heterocycles. The van der Waals surface area contributed by atoms with E-state index in [9.17, 15) is 9.59 Å². The number of carbonyl (C=O) groups is 1. The first-order chi connectivity index (χ1) is 10.6. The molecule has 0 spiro atoms. The van der Waals surface area contributed by atoms with Gasteiger partial charge in [-0.2, -0.15) is 0 Å². The molecule has 0 radical (unpaired) electrons. The number of H-pyrrole nitrogens is 1. The topological polar surface area (TPSA) is 78.1 Å². The highest BCUT2D eigenvalue weighted by atomic mass is 16.2. The number of aryl methyl sites for hydroxylation is 1. The van der Waals surface area contributed by atoms with E-state index in [0.717, 1.165) is 19.6 Å². The molecule has 0 aliphatic carbocycles. The van der Waals surface area contributed by atoms with Crippen molar-refractivity contribution in [2.45, 2.75) is 25.8 Å². The van der Waals surface area contributed by atoms with Crippen LogP contribution in [0.1, 0.15) is 19.2 Å². The maximum absolute atomic E-state index is 12.3. The van der Waals surface area contributed by atoms with Crippen molar-refractivity contribution in [3.05, 3.63) is 40.4 Å². The molecule has 6 nitrogen and oxygen atoms in total. The fourth-order valence-electron chi connectivity index (χ4n) is 2.83. The number of aromatic nitrogens is 2. The summed E-state index contributed by atoms with van der Waals surface area (Å²) >= 11 is 0. The van der Waals surface area contributed by atoms with E-state index in [1.165, 1.54) is 0 Å². The van der Waals surface area contributed by atoms with Crippen molar-refractivity contribution in [3.63, 3.8) is 0 Å². The molecule has 0 bridgehead atoms. The van der Waals surface area contributed by atoms with Crippen molar-refractivity contribution in [1.82, 2.24) is 20.2 Å². The van der Waals surface area contributed by atoms with Crippen LogP contribution in [-0.4, -0.2) is 46.5 Å². The molecule has 1 atom stereocenters. The van der Waals surface area contributed by atoms with Crippen LogP contribution in [0.15, 0.2) is 29.1 Å². The fourth-order valence-corrected chi connectivity index (χ4v) is 2.83. The Morgan fingerprint density at radius 3 is 3.05 bits per heavy atom. The maximum atomic E-state index is 12.3. The number of hydrogen-bond acceptors (Lipinski definition) is 4. The van der Waals surface area contributed by atoms with Gasteiger partial charge in [-0.1, -0.05) is 12.1 Å². The third-order valence-electron chi connectivity index (χ3n) is 4.06. The predicted octanol–water partition coefficient (Wildman–Crippen LogP) is 0.676. The van der Waals surface area contributed by atoms with Crippen molar-refractivity contribution < 1.29 is 4.79 Å². The number of amides is 1. The predicted molar refractivity (Wildman–Crippen MR) is 84.7 cm³/mol. The standard InChI is InChI=1S/C16H20N4O2/c1-11-10-17-8-9-20(11)15(21)7-6-14-18-13-5-3-2-4-12(13)16(22)19-14/h2-5,11,17H,6-10H2,1H3,(H,18,19,22)/t11-/m1/s1. The lowest BCUT2D eigenvalue weighted by Gasteiger charge is -2.34. The summed E-state index contributed by atoms with van der Waals surface area (Å²) in [6.45, 7) is 4.44. The minimum Gasteiger partial charge on any atom is -0.337 e. The van der Waals surface area contributed by atoms with Gasteiger partial charge in [-0.05, 0) is 19.1 Å². The molecule has 1 aromatic heterocycles. The first kappa shape index (κ1) is 14.7. The van der Waals surface area contributed by atoms with Gasteiger partial charge in [-0.3, -0.25) is 9.59 Å². The SMILES string of the molecule is C[C@@H]1CNCCN1C(=O)CCc1nc2ccccc2c(=O)[nH]1. The van der Waals surface area contributed by atoms with E-state index in [4.69, 9.17) is 0 Å². The second-order valence-electron chi connectivity index (χ2n) is 5.67. The Labute approximate surface area is 128 Å². The highest BCUT2D eigenvalue weighted by molar-refractivity contribution is 5.78. The molecular weight excluding hydrogens is 280 g/mol. The Morgan fingerprint density at radius 2 is 2.23 bits per heavy atom. The van der Waals surface area contributed by atoms with Gasteiger partial charge in [0, 0.05) is 38.5 Å². The molecule has 1 amide bonds. The smallest absolute Gasteiger partial charge is 0.258 e. The number of fused-ring (bicyclic) bond motifs is 1. The van der Waals surface area contributed by atoms with E-state index in [-0.39, 0.29) is 17.5 Å². The number of hydrogen-bond donors (Lipinski definition) is 2. The Kier molecular flexibility index (Phi) is 4.20. The van der Waals surface area contributed by atoms with Crippen molar-refractivity contribution in [2.75, 3.05) is 19.6 Å². The summed E-state index contributed by atoms with van der Waals surface area (Å²) in [5.41, 5.74) is 0.521. The zero-order chi connectivity index (χ0) is 15.5. The summed E-state index contributed by atoms with van der Waals surface area (Å²) in [7, 11) is 0. The van der Waals surface area contributed by atoms with Crippen LogP contribution in [0.25, 0.3) is 10.9 Å². The molecular formula is C16H20N4O2. The molecule has 3 rings (SSSR count). The minimum atomic E-state index is -0.149. The summed E-state index contributed by atoms with van der Waals surface area (Å²) in [5, 5.41) is 3.84. The number of piperazine rings is 1. The number of aromatic amines is 1. The van der Waals surface area contributed by atoms with Gasteiger partial charge < -0.3 is 15.2 Å². The molecule has 1 aromatic carbocycles. The highest BCUT2D eigenvalue weighted by Gasteiger charge is 2.22. The number of nitrogens with one attached hydrogen (secondary N) is 2. The van der Waals surface area contributed by atoms with Crippen LogP contribution in [-0.2, 0) is 11.2 Å². The molecule has 2 N–H and O–H groups in total. The van der Waals surface area contributed by atoms with Crippen LogP contribution in [0.3, 0.4) is 0 Å². The molecule has 0 saturated carbocycles. The zero-order valence-corrected chi connectivity index (χ0v) is 12.6. The van der Waals surface area contributed by atoms with Crippen molar-refractivity contribution in [3.8, 4) is 0 Å². The molecule has 22 heavy (non-hydrogen) atoms. The Balaban J connectivity index is 1.71. The van der Waals surface area contributed by atoms with E-state index >= 15 is 0 Å². The molecule has 1 saturated heterocycles. The number of rotatable bonds is 3. The summed E-state index contributed by atoms with van der Waals surface area (Å²) in [4.78, 5) is 33.4. The minimum absolute atomic E-state index is 0.116. The van der Waals surface area contributed by atoms with Gasteiger partial charge in [-0.25, -0.2) is 4.98 Å². The molecule has 116 valence electrons. The van der Waals surface area contributed by atoms with Crippen LogP contribution < -0.4 is 10.9 Å². The van der Waals surface area contributed by atoms with Crippen LogP contribution in [0.4, 0.5) is 0 Å². The molecule has 1 aliphatic rings. The van der Waals surface area contributed by atoms with Crippen LogP contribution in [0, 0.1) is 0 Å². The van der Waals surface area contributed by atoms with Crippen LogP contribution in [0.5, 0.6) is 0 Å². The van der Waals surface area contributed by atoms with E-state index in [1.54, 1.807) is 6.07 Å². The lowest BCUT2D eigenvalue weighted by Crippen LogP contribution is -2.52. The monoisotopic (exact) mass is 300 g/mol. The molecule has 0 unspecified atom stereocenters. The normalized spacial score (nSPS) is 18.6. The van der Waals surface area contributed by atoms with E-state index in [0.29, 0.717) is 29.6 Å².